The molecule has 0 aromatic carbocycles. The minimum Gasteiger partial charge on any atom is -0.444 e. The van der Waals surface area contributed by atoms with Gasteiger partial charge in [0.15, 0.2) is 0 Å². The molecule has 2 N–H and O–H groups in total. The Morgan fingerprint density at radius 1 is 1.48 bits per heavy atom. The van der Waals surface area contributed by atoms with Gasteiger partial charge in [-0.3, -0.25) is 4.98 Å². The molecule has 6 nitrogen and oxygen atoms in total. The van der Waals surface area contributed by atoms with Crippen molar-refractivity contribution in [2.24, 2.45) is 5.92 Å². The molecule has 1 aromatic heterocycles. The van der Waals surface area contributed by atoms with E-state index in [1.165, 1.54) is 4.88 Å². The molecule has 2 heterocycles. The lowest BCUT2D eigenvalue weighted by Crippen LogP contribution is -2.73. The summed E-state index contributed by atoms with van der Waals surface area (Å²) in [6.07, 6.45) is 3.83. The molecule has 1 saturated carbocycles. The number of ether oxygens (including phenoxy) is 2. The van der Waals surface area contributed by atoms with Gasteiger partial charge in [0.25, 0.3) is 0 Å². The van der Waals surface area contributed by atoms with Crippen molar-refractivity contribution < 1.29 is 14.3 Å². The molecule has 3 rings (SSSR count). The van der Waals surface area contributed by atoms with Gasteiger partial charge in [-0.1, -0.05) is 0 Å². The summed E-state index contributed by atoms with van der Waals surface area (Å²) >= 11 is 1.63. The van der Waals surface area contributed by atoms with E-state index in [1.807, 2.05) is 32.5 Å². The van der Waals surface area contributed by atoms with Gasteiger partial charge in [0.1, 0.15) is 5.60 Å². The Morgan fingerprint density at radius 2 is 2.30 bits per heavy atom. The van der Waals surface area contributed by atoms with Crippen molar-refractivity contribution in [3.05, 3.63) is 16.6 Å². The monoisotopic (exact) mass is 339 g/mol. The van der Waals surface area contributed by atoms with E-state index < -0.39 is 5.60 Å². The second kappa shape index (κ2) is 6.75. The Morgan fingerprint density at radius 3 is 3.00 bits per heavy atom. The number of carbonyl (C=O) groups is 1. The van der Waals surface area contributed by atoms with Gasteiger partial charge in [-0.25, -0.2) is 4.79 Å². The highest BCUT2D eigenvalue weighted by atomic mass is 32.1. The van der Waals surface area contributed by atoms with Crippen molar-refractivity contribution in [1.82, 2.24) is 15.6 Å². The predicted molar refractivity (Wildman–Crippen MR) is 88.4 cm³/mol. The summed E-state index contributed by atoms with van der Waals surface area (Å²) in [5, 5.41) is 6.55. The number of fused-ring (bicyclic) bond motifs is 1. The summed E-state index contributed by atoms with van der Waals surface area (Å²) in [6.45, 7) is 7.17. The number of nitrogens with one attached hydrogen (secondary N) is 2. The number of rotatable bonds is 4. The van der Waals surface area contributed by atoms with Crippen molar-refractivity contribution in [2.75, 3.05) is 6.61 Å². The average Bonchev–Trinajstić information content (AvgIpc) is 2.97. The van der Waals surface area contributed by atoms with Crippen LogP contribution in [0.3, 0.4) is 0 Å². The third-order valence-corrected chi connectivity index (χ3v) is 5.07. The van der Waals surface area contributed by atoms with Crippen LogP contribution in [0, 0.1) is 5.92 Å². The molecule has 0 spiro atoms. The largest absolute Gasteiger partial charge is 0.444 e. The first-order valence-corrected chi connectivity index (χ1v) is 9.04. The summed E-state index contributed by atoms with van der Waals surface area (Å²) < 4.78 is 11.3. The standard InChI is InChI=1S/C16H25N3O3S/c1-16(2,3)22-15(20)19-12-11-5-4-6-21-14(11)13(12)18-8-10-7-17-9-23-10/h7,9,11-14,18H,4-6,8H2,1-3H3,(H,19,20). The van der Waals surface area contributed by atoms with E-state index in [0.717, 1.165) is 26.0 Å². The second-order valence-corrected chi connectivity index (χ2v) is 8.16. The van der Waals surface area contributed by atoms with Gasteiger partial charge in [0.05, 0.1) is 23.7 Å². The molecule has 4 unspecified atom stereocenters. The molecule has 1 aliphatic heterocycles. The van der Waals surface area contributed by atoms with Crippen LogP contribution in [0.5, 0.6) is 0 Å². The fourth-order valence-electron chi connectivity index (χ4n) is 3.34. The van der Waals surface area contributed by atoms with E-state index in [2.05, 4.69) is 15.6 Å². The summed E-state index contributed by atoms with van der Waals surface area (Å²) in [5.74, 6) is 0.371. The van der Waals surface area contributed by atoms with E-state index in [9.17, 15) is 4.79 Å². The highest BCUT2D eigenvalue weighted by Crippen LogP contribution is 2.38. The first-order valence-electron chi connectivity index (χ1n) is 8.16. The van der Waals surface area contributed by atoms with Gasteiger partial charge >= 0.3 is 6.09 Å². The summed E-state index contributed by atoms with van der Waals surface area (Å²) in [6, 6.07) is 0.179. The van der Waals surface area contributed by atoms with Crippen molar-refractivity contribution in [3.8, 4) is 0 Å². The lowest BCUT2D eigenvalue weighted by molar-refractivity contribution is -0.128. The topological polar surface area (TPSA) is 72.5 Å². The number of alkyl carbamates (subject to hydrolysis) is 1. The second-order valence-electron chi connectivity index (χ2n) is 7.19. The lowest BCUT2D eigenvalue weighted by Gasteiger charge is -2.54. The smallest absolute Gasteiger partial charge is 0.407 e. The molecule has 4 atom stereocenters. The van der Waals surface area contributed by atoms with Crippen LogP contribution in [0.25, 0.3) is 0 Å². The van der Waals surface area contributed by atoms with Crippen LogP contribution in [0.1, 0.15) is 38.5 Å². The molecule has 128 valence electrons. The molecule has 1 aliphatic carbocycles. The van der Waals surface area contributed by atoms with Crippen molar-refractivity contribution in [1.29, 1.82) is 0 Å². The van der Waals surface area contributed by atoms with Crippen LogP contribution >= 0.6 is 11.3 Å². The van der Waals surface area contributed by atoms with Crippen LogP contribution in [0.2, 0.25) is 0 Å². The molecular formula is C16H25N3O3S. The minimum atomic E-state index is -0.484. The Kier molecular flexibility index (Phi) is 4.89. The molecule has 7 heteroatoms. The normalized spacial score (nSPS) is 30.2. The molecule has 0 radical (unpaired) electrons. The molecular weight excluding hydrogens is 314 g/mol. The summed E-state index contributed by atoms with van der Waals surface area (Å²) in [4.78, 5) is 17.4. The number of thiazole rings is 1. The number of carbonyl (C=O) groups excluding carboxylic acids is 1. The average molecular weight is 339 g/mol. The van der Waals surface area contributed by atoms with Crippen LogP contribution in [-0.2, 0) is 16.0 Å². The molecule has 1 amide bonds. The Labute approximate surface area is 141 Å². The fraction of sp³-hybridized carbons (Fsp3) is 0.750. The molecule has 2 aliphatic rings. The van der Waals surface area contributed by atoms with Crippen LogP contribution < -0.4 is 10.6 Å². The zero-order valence-electron chi connectivity index (χ0n) is 13.9. The van der Waals surface area contributed by atoms with Gasteiger partial charge in [0.2, 0.25) is 0 Å². The maximum atomic E-state index is 12.1. The number of aromatic nitrogens is 1. The molecule has 2 fully saturated rings. The molecule has 23 heavy (non-hydrogen) atoms. The van der Waals surface area contributed by atoms with E-state index in [1.54, 1.807) is 11.3 Å². The lowest BCUT2D eigenvalue weighted by atomic mass is 9.68. The number of hydrogen-bond donors (Lipinski definition) is 2. The molecule has 1 aromatic rings. The zero-order valence-corrected chi connectivity index (χ0v) is 14.7. The first-order chi connectivity index (χ1) is 10.9. The molecule has 1 saturated heterocycles. The van der Waals surface area contributed by atoms with Gasteiger partial charge in [-0.15, -0.1) is 11.3 Å². The first kappa shape index (κ1) is 16.7. The quantitative estimate of drug-likeness (QED) is 0.881. The Bertz CT molecular complexity index is 529. The van der Waals surface area contributed by atoms with Gasteiger partial charge < -0.3 is 20.1 Å². The van der Waals surface area contributed by atoms with Crippen molar-refractivity contribution >= 4 is 17.4 Å². The van der Waals surface area contributed by atoms with E-state index in [4.69, 9.17) is 9.47 Å². The minimum absolute atomic E-state index is 0.0584. The predicted octanol–water partition coefficient (Wildman–Crippen LogP) is 2.30. The third kappa shape index (κ3) is 4.02. The SMILES string of the molecule is CC(C)(C)OC(=O)NC1C2CCCOC2C1NCc1cncs1. The van der Waals surface area contributed by atoms with Crippen molar-refractivity contribution in [3.63, 3.8) is 0 Å². The van der Waals surface area contributed by atoms with E-state index >= 15 is 0 Å². The maximum absolute atomic E-state index is 12.1. The van der Waals surface area contributed by atoms with E-state index in [-0.39, 0.29) is 24.3 Å². The highest BCUT2D eigenvalue weighted by Gasteiger charge is 2.53. The Hall–Kier alpha value is -1.18. The number of nitrogens with zero attached hydrogens (tertiary/aromatic N) is 1. The van der Waals surface area contributed by atoms with Gasteiger partial charge in [-0.05, 0) is 33.6 Å². The van der Waals surface area contributed by atoms with Crippen LogP contribution in [0.15, 0.2) is 11.7 Å². The summed E-state index contributed by atoms with van der Waals surface area (Å²) in [5.41, 5.74) is 1.34. The third-order valence-electron chi connectivity index (χ3n) is 4.30. The maximum Gasteiger partial charge on any atom is 0.407 e. The van der Waals surface area contributed by atoms with Crippen LogP contribution in [-0.4, -0.2) is 41.5 Å². The number of hydrogen-bond acceptors (Lipinski definition) is 6. The number of amides is 1. The van der Waals surface area contributed by atoms with Crippen molar-refractivity contribution in [2.45, 2.75) is 63.9 Å². The molecule has 0 bridgehead atoms. The zero-order chi connectivity index (χ0) is 16.4. The van der Waals surface area contributed by atoms with Crippen LogP contribution in [0.4, 0.5) is 4.79 Å². The highest BCUT2D eigenvalue weighted by molar-refractivity contribution is 7.09. The van der Waals surface area contributed by atoms with Gasteiger partial charge in [-0.2, -0.15) is 0 Å². The van der Waals surface area contributed by atoms with E-state index in [0.29, 0.717) is 5.92 Å². The summed E-state index contributed by atoms with van der Waals surface area (Å²) in [7, 11) is 0. The van der Waals surface area contributed by atoms with Gasteiger partial charge in [0, 0.05) is 30.1 Å². The Balaban J connectivity index is 1.59. The fourth-order valence-corrected chi connectivity index (χ4v) is 3.88.